The first-order valence-electron chi connectivity index (χ1n) is 5.37. The van der Waals surface area contributed by atoms with Gasteiger partial charge in [-0.05, 0) is 12.8 Å². The fourth-order valence-corrected chi connectivity index (χ4v) is 2.19. The molecule has 1 atom stereocenters. The van der Waals surface area contributed by atoms with Crippen molar-refractivity contribution in [3.63, 3.8) is 0 Å². The van der Waals surface area contributed by atoms with Crippen molar-refractivity contribution in [2.24, 2.45) is 5.73 Å². The number of carbonyl (C=O) groups excluding carboxylic acids is 1. The van der Waals surface area contributed by atoms with Gasteiger partial charge in [0.2, 0.25) is 0 Å². The van der Waals surface area contributed by atoms with Gasteiger partial charge in [0, 0.05) is 6.61 Å². The third-order valence-electron chi connectivity index (χ3n) is 2.27. The molecule has 1 saturated heterocycles. The van der Waals surface area contributed by atoms with E-state index in [1.807, 2.05) is 0 Å². The molecule has 2 rings (SSSR count). The van der Waals surface area contributed by atoms with Crippen molar-refractivity contribution in [2.45, 2.75) is 18.9 Å². The number of nitrogens with one attached hydrogen (secondary N) is 1. The van der Waals surface area contributed by atoms with Gasteiger partial charge in [0.25, 0.3) is 5.91 Å². The lowest BCUT2D eigenvalue weighted by Gasteiger charge is -2.07. The van der Waals surface area contributed by atoms with E-state index in [9.17, 15) is 4.79 Å². The molecular weight excluding hydrogens is 238 g/mol. The van der Waals surface area contributed by atoms with Gasteiger partial charge in [-0.1, -0.05) is 23.2 Å². The van der Waals surface area contributed by atoms with Crippen LogP contribution >= 0.6 is 11.3 Å². The second-order valence-corrected chi connectivity index (χ2v) is 4.56. The van der Waals surface area contributed by atoms with Crippen molar-refractivity contribution < 1.29 is 9.53 Å². The number of amides is 1. The van der Waals surface area contributed by atoms with Crippen molar-refractivity contribution in [3.05, 3.63) is 11.1 Å². The maximum Gasteiger partial charge on any atom is 0.255 e. The van der Waals surface area contributed by atoms with E-state index in [0.29, 0.717) is 18.3 Å². The van der Waals surface area contributed by atoms with E-state index < -0.39 is 0 Å². The highest BCUT2D eigenvalue weighted by atomic mass is 32.1. The number of hydrogen-bond acceptors (Lipinski definition) is 5. The first-order valence-corrected chi connectivity index (χ1v) is 6.18. The Morgan fingerprint density at radius 2 is 2.65 bits per heavy atom. The molecule has 5 nitrogen and oxygen atoms in total. The predicted molar refractivity (Wildman–Crippen MR) is 65.7 cm³/mol. The minimum atomic E-state index is -0.336. The quantitative estimate of drug-likeness (QED) is 0.753. The molecule has 1 aliphatic rings. The molecule has 17 heavy (non-hydrogen) atoms. The number of ether oxygens (including phenoxy) is 1. The molecule has 0 bridgehead atoms. The Kier molecular flexibility index (Phi) is 4.09. The van der Waals surface area contributed by atoms with E-state index in [4.69, 9.17) is 10.5 Å². The minimum Gasteiger partial charge on any atom is -0.368 e. The maximum absolute atomic E-state index is 11.7. The Balaban J connectivity index is 1.94. The number of carbonyl (C=O) groups is 1. The van der Waals surface area contributed by atoms with Gasteiger partial charge in [0.15, 0.2) is 5.13 Å². The zero-order valence-corrected chi connectivity index (χ0v) is 10.0. The number of hydrogen-bond donors (Lipinski definition) is 2. The summed E-state index contributed by atoms with van der Waals surface area (Å²) in [5, 5.41) is 3.27. The van der Waals surface area contributed by atoms with Crippen LogP contribution in [0.1, 0.15) is 17.7 Å². The van der Waals surface area contributed by atoms with E-state index in [2.05, 4.69) is 22.1 Å². The van der Waals surface area contributed by atoms with E-state index in [0.717, 1.165) is 17.7 Å². The normalized spacial score (nSPS) is 18.5. The largest absolute Gasteiger partial charge is 0.368 e. The Morgan fingerprint density at radius 3 is 3.35 bits per heavy atom. The van der Waals surface area contributed by atoms with E-state index in [1.54, 1.807) is 6.20 Å². The SMILES string of the molecule is NCC#Cc1cnc(NC(=O)C2CCCO2)s1. The van der Waals surface area contributed by atoms with Gasteiger partial charge < -0.3 is 10.5 Å². The molecule has 1 aromatic heterocycles. The van der Waals surface area contributed by atoms with Crippen molar-refractivity contribution >= 4 is 22.4 Å². The topological polar surface area (TPSA) is 77.2 Å². The Morgan fingerprint density at radius 1 is 1.76 bits per heavy atom. The number of nitrogens with two attached hydrogens (primary N) is 1. The number of thiazole rings is 1. The number of nitrogens with zero attached hydrogens (tertiary/aromatic N) is 1. The van der Waals surface area contributed by atoms with Crippen LogP contribution in [0.5, 0.6) is 0 Å². The molecule has 1 aliphatic heterocycles. The molecule has 2 heterocycles. The highest BCUT2D eigenvalue weighted by Gasteiger charge is 2.24. The number of aromatic nitrogens is 1. The molecule has 3 N–H and O–H groups in total. The van der Waals surface area contributed by atoms with E-state index >= 15 is 0 Å². The molecule has 1 fully saturated rings. The standard InChI is InChI=1S/C11H13N3O2S/c12-5-1-3-8-7-13-11(17-8)14-10(15)9-4-2-6-16-9/h7,9H,2,4-6,12H2,(H,13,14,15). The molecule has 1 amide bonds. The Hall–Kier alpha value is -1.42. The third kappa shape index (κ3) is 3.27. The van der Waals surface area contributed by atoms with E-state index in [1.165, 1.54) is 11.3 Å². The van der Waals surface area contributed by atoms with E-state index in [-0.39, 0.29) is 12.0 Å². The Labute approximate surface area is 103 Å². The zero-order chi connectivity index (χ0) is 12.1. The van der Waals surface area contributed by atoms with Crippen LogP contribution in [0.4, 0.5) is 5.13 Å². The fourth-order valence-electron chi connectivity index (χ4n) is 1.50. The summed E-state index contributed by atoms with van der Waals surface area (Å²) in [6, 6.07) is 0. The molecule has 0 spiro atoms. The summed E-state index contributed by atoms with van der Waals surface area (Å²) in [6.45, 7) is 0.971. The molecular formula is C11H13N3O2S. The highest BCUT2D eigenvalue weighted by Crippen LogP contribution is 2.19. The van der Waals surface area contributed by atoms with Gasteiger partial charge in [-0.2, -0.15) is 0 Å². The Bertz CT molecular complexity index is 455. The molecule has 90 valence electrons. The summed E-state index contributed by atoms with van der Waals surface area (Å²) < 4.78 is 5.28. The maximum atomic E-state index is 11.7. The van der Waals surface area contributed by atoms with Crippen LogP contribution in [-0.4, -0.2) is 30.1 Å². The second-order valence-electron chi connectivity index (χ2n) is 3.53. The van der Waals surface area contributed by atoms with Gasteiger partial charge in [-0.15, -0.1) is 0 Å². The van der Waals surface area contributed by atoms with Gasteiger partial charge in [-0.25, -0.2) is 4.98 Å². The average molecular weight is 251 g/mol. The second kappa shape index (κ2) is 5.77. The van der Waals surface area contributed by atoms with Crippen LogP contribution in [0.3, 0.4) is 0 Å². The molecule has 0 radical (unpaired) electrons. The van der Waals surface area contributed by atoms with Gasteiger partial charge in [0.05, 0.1) is 17.6 Å². The summed E-state index contributed by atoms with van der Waals surface area (Å²) in [5.74, 6) is 5.47. The number of anilines is 1. The van der Waals surface area contributed by atoms with Crippen LogP contribution in [0.25, 0.3) is 0 Å². The molecule has 0 aromatic carbocycles. The van der Waals surface area contributed by atoms with Crippen LogP contribution in [-0.2, 0) is 9.53 Å². The van der Waals surface area contributed by atoms with Crippen molar-refractivity contribution in [1.29, 1.82) is 0 Å². The third-order valence-corrected chi connectivity index (χ3v) is 3.10. The van der Waals surface area contributed by atoms with Crippen LogP contribution < -0.4 is 11.1 Å². The minimum absolute atomic E-state index is 0.129. The summed E-state index contributed by atoms with van der Waals surface area (Å²) in [4.78, 5) is 16.6. The predicted octanol–water partition coefficient (Wildman–Crippen LogP) is 0.571. The summed E-state index contributed by atoms with van der Waals surface area (Å²) in [5.41, 5.74) is 5.27. The lowest BCUT2D eigenvalue weighted by Crippen LogP contribution is -2.26. The van der Waals surface area contributed by atoms with Crippen molar-refractivity contribution in [2.75, 3.05) is 18.5 Å². The van der Waals surface area contributed by atoms with Crippen LogP contribution in [0, 0.1) is 11.8 Å². The highest BCUT2D eigenvalue weighted by molar-refractivity contribution is 7.16. The fraction of sp³-hybridized carbons (Fsp3) is 0.455. The molecule has 1 unspecified atom stereocenters. The summed E-state index contributed by atoms with van der Waals surface area (Å²) >= 11 is 1.33. The molecule has 0 aliphatic carbocycles. The van der Waals surface area contributed by atoms with Gasteiger partial charge in [-0.3, -0.25) is 10.1 Å². The number of rotatable bonds is 2. The zero-order valence-electron chi connectivity index (χ0n) is 9.23. The molecule has 0 saturated carbocycles. The van der Waals surface area contributed by atoms with Crippen molar-refractivity contribution in [3.8, 4) is 11.8 Å². The monoisotopic (exact) mass is 251 g/mol. The summed E-state index contributed by atoms with van der Waals surface area (Å²) in [7, 11) is 0. The first-order chi connectivity index (χ1) is 8.29. The smallest absolute Gasteiger partial charge is 0.255 e. The van der Waals surface area contributed by atoms with Gasteiger partial charge >= 0.3 is 0 Å². The average Bonchev–Trinajstić information content (AvgIpc) is 2.97. The molecule has 1 aromatic rings. The van der Waals surface area contributed by atoms with Crippen LogP contribution in [0.2, 0.25) is 0 Å². The van der Waals surface area contributed by atoms with Crippen molar-refractivity contribution in [1.82, 2.24) is 4.98 Å². The molecule has 6 heteroatoms. The summed E-state index contributed by atoms with van der Waals surface area (Å²) in [6.07, 6.45) is 3.00. The lowest BCUT2D eigenvalue weighted by atomic mass is 10.2. The first kappa shape index (κ1) is 12.0. The lowest BCUT2D eigenvalue weighted by molar-refractivity contribution is -0.124. The van der Waals surface area contributed by atoms with Gasteiger partial charge in [0.1, 0.15) is 6.10 Å². The van der Waals surface area contributed by atoms with Crippen LogP contribution in [0.15, 0.2) is 6.20 Å².